The van der Waals surface area contributed by atoms with Crippen LogP contribution in [-0.4, -0.2) is 71.7 Å². The SMILES string of the molecule is C[C@H]1CN([C@@H](C)CO)C(=O)c2cc(/C=C/c3ccccc3)cnc2O[C@H]1CN(C)C. The molecule has 1 aliphatic rings. The normalized spacial score (nSPS) is 20.6. The summed E-state index contributed by atoms with van der Waals surface area (Å²) in [7, 11) is 4.00. The van der Waals surface area contributed by atoms with Gasteiger partial charge in [-0.3, -0.25) is 4.79 Å². The summed E-state index contributed by atoms with van der Waals surface area (Å²) in [5, 5.41) is 9.72. The third-order valence-corrected chi connectivity index (χ3v) is 5.36. The number of nitrogens with zero attached hydrogens (tertiary/aromatic N) is 3. The topological polar surface area (TPSA) is 65.9 Å². The van der Waals surface area contributed by atoms with E-state index in [1.807, 2.05) is 69.6 Å². The molecule has 6 nitrogen and oxygen atoms in total. The summed E-state index contributed by atoms with van der Waals surface area (Å²) in [6, 6.07) is 11.5. The van der Waals surface area contributed by atoms with E-state index in [1.165, 1.54) is 0 Å². The van der Waals surface area contributed by atoms with Gasteiger partial charge in [-0.05, 0) is 38.2 Å². The van der Waals surface area contributed by atoms with E-state index in [9.17, 15) is 9.90 Å². The molecule has 1 amide bonds. The van der Waals surface area contributed by atoms with Crippen LogP contribution < -0.4 is 4.74 Å². The molecule has 0 aliphatic carbocycles. The first kappa shape index (κ1) is 22.0. The number of likely N-dealkylation sites (N-methyl/N-ethyl adjacent to an activating group) is 1. The molecule has 3 atom stereocenters. The van der Waals surface area contributed by atoms with Gasteiger partial charge in [-0.1, -0.05) is 49.4 Å². The quantitative estimate of drug-likeness (QED) is 0.794. The number of rotatable bonds is 6. The van der Waals surface area contributed by atoms with Crippen LogP contribution in [0.1, 0.15) is 35.3 Å². The van der Waals surface area contributed by atoms with E-state index in [-0.39, 0.29) is 30.6 Å². The number of hydrogen-bond donors (Lipinski definition) is 1. The van der Waals surface area contributed by atoms with Gasteiger partial charge in [-0.2, -0.15) is 0 Å². The number of aliphatic hydroxyl groups excluding tert-OH is 1. The van der Waals surface area contributed by atoms with Crippen molar-refractivity contribution in [3.05, 3.63) is 59.3 Å². The minimum atomic E-state index is -0.283. The summed E-state index contributed by atoms with van der Waals surface area (Å²) < 4.78 is 6.22. The molecule has 160 valence electrons. The molecule has 1 N–H and O–H groups in total. The van der Waals surface area contributed by atoms with Crippen molar-refractivity contribution in [1.29, 1.82) is 0 Å². The fraction of sp³-hybridized carbons (Fsp3) is 0.417. The first-order valence-corrected chi connectivity index (χ1v) is 10.4. The Morgan fingerprint density at radius 3 is 2.63 bits per heavy atom. The standard InChI is InChI=1S/C24H31N3O3/c1-17-14-27(18(2)16-28)24(29)21-12-20(11-10-19-8-6-5-7-9-19)13-25-23(21)30-22(17)15-26(3)4/h5-13,17-18,22,28H,14-16H2,1-4H3/b11-10+/t17-,18-,22-/m0/s1. The van der Waals surface area contributed by atoms with Crippen LogP contribution in [0.2, 0.25) is 0 Å². The van der Waals surface area contributed by atoms with Gasteiger partial charge < -0.3 is 19.6 Å². The Morgan fingerprint density at radius 1 is 1.27 bits per heavy atom. The summed E-state index contributed by atoms with van der Waals surface area (Å²) in [5.41, 5.74) is 2.33. The van der Waals surface area contributed by atoms with Gasteiger partial charge in [0, 0.05) is 25.2 Å². The van der Waals surface area contributed by atoms with E-state index in [4.69, 9.17) is 4.74 Å². The molecule has 3 rings (SSSR count). The molecule has 1 aromatic heterocycles. The average molecular weight is 410 g/mol. The van der Waals surface area contributed by atoms with Gasteiger partial charge in [0.05, 0.1) is 12.6 Å². The predicted molar refractivity (Wildman–Crippen MR) is 119 cm³/mol. The highest BCUT2D eigenvalue weighted by atomic mass is 16.5. The van der Waals surface area contributed by atoms with Gasteiger partial charge in [-0.25, -0.2) is 4.98 Å². The highest BCUT2D eigenvalue weighted by molar-refractivity contribution is 5.97. The average Bonchev–Trinajstić information content (AvgIpc) is 2.74. The Morgan fingerprint density at radius 2 is 1.97 bits per heavy atom. The number of aliphatic hydroxyl groups is 1. The molecule has 0 unspecified atom stereocenters. The fourth-order valence-corrected chi connectivity index (χ4v) is 3.54. The summed E-state index contributed by atoms with van der Waals surface area (Å²) in [6.07, 6.45) is 5.54. The van der Waals surface area contributed by atoms with Crippen molar-refractivity contribution in [2.45, 2.75) is 26.0 Å². The van der Waals surface area contributed by atoms with Gasteiger partial charge in [0.1, 0.15) is 11.7 Å². The van der Waals surface area contributed by atoms with Crippen molar-refractivity contribution >= 4 is 18.1 Å². The summed E-state index contributed by atoms with van der Waals surface area (Å²) >= 11 is 0. The second kappa shape index (κ2) is 9.87. The Hall–Kier alpha value is -2.70. The maximum absolute atomic E-state index is 13.4. The molecule has 0 radical (unpaired) electrons. The molecule has 0 fully saturated rings. The number of amides is 1. The minimum Gasteiger partial charge on any atom is -0.472 e. The largest absolute Gasteiger partial charge is 0.472 e. The molecule has 2 heterocycles. The Kier molecular flexibility index (Phi) is 7.24. The lowest BCUT2D eigenvalue weighted by Gasteiger charge is -2.37. The van der Waals surface area contributed by atoms with Crippen LogP contribution in [0.5, 0.6) is 5.88 Å². The zero-order valence-corrected chi connectivity index (χ0v) is 18.2. The number of hydrogen-bond acceptors (Lipinski definition) is 5. The van der Waals surface area contributed by atoms with Crippen LogP contribution in [-0.2, 0) is 0 Å². The fourth-order valence-electron chi connectivity index (χ4n) is 3.54. The number of fused-ring (bicyclic) bond motifs is 1. The highest BCUT2D eigenvalue weighted by Gasteiger charge is 2.33. The van der Waals surface area contributed by atoms with Gasteiger partial charge >= 0.3 is 0 Å². The third kappa shape index (κ3) is 5.26. The maximum atomic E-state index is 13.4. The zero-order valence-electron chi connectivity index (χ0n) is 18.2. The monoisotopic (exact) mass is 409 g/mol. The van der Waals surface area contributed by atoms with E-state index in [2.05, 4.69) is 16.8 Å². The Labute approximate surface area is 178 Å². The minimum absolute atomic E-state index is 0.0893. The molecular weight excluding hydrogens is 378 g/mol. The molecule has 0 saturated heterocycles. The lowest BCUT2D eigenvalue weighted by molar-refractivity contribution is 0.0348. The Balaban J connectivity index is 1.98. The van der Waals surface area contributed by atoms with Crippen LogP contribution in [0.4, 0.5) is 0 Å². The van der Waals surface area contributed by atoms with Crippen molar-refractivity contribution in [3.63, 3.8) is 0 Å². The van der Waals surface area contributed by atoms with Crippen LogP contribution in [0.15, 0.2) is 42.6 Å². The van der Waals surface area contributed by atoms with Crippen molar-refractivity contribution in [2.75, 3.05) is 33.8 Å². The third-order valence-electron chi connectivity index (χ3n) is 5.36. The van der Waals surface area contributed by atoms with Gasteiger partial charge in [0.2, 0.25) is 5.88 Å². The molecule has 0 spiro atoms. The van der Waals surface area contributed by atoms with E-state index >= 15 is 0 Å². The van der Waals surface area contributed by atoms with Gasteiger partial charge in [0.25, 0.3) is 5.91 Å². The summed E-state index contributed by atoms with van der Waals surface area (Å²) in [6.45, 7) is 5.07. The number of pyridine rings is 1. The predicted octanol–water partition coefficient (Wildman–Crippen LogP) is 3.03. The van der Waals surface area contributed by atoms with Crippen molar-refractivity contribution in [1.82, 2.24) is 14.8 Å². The smallest absolute Gasteiger partial charge is 0.259 e. The number of aromatic nitrogens is 1. The lowest BCUT2D eigenvalue weighted by Crippen LogP contribution is -2.49. The first-order valence-electron chi connectivity index (χ1n) is 10.4. The lowest BCUT2D eigenvalue weighted by atomic mass is 10.00. The summed E-state index contributed by atoms with van der Waals surface area (Å²) in [4.78, 5) is 21.7. The second-order valence-corrected chi connectivity index (χ2v) is 8.25. The van der Waals surface area contributed by atoms with Crippen LogP contribution in [0.3, 0.4) is 0 Å². The van der Waals surface area contributed by atoms with Crippen molar-refractivity contribution in [3.8, 4) is 5.88 Å². The number of benzene rings is 1. The van der Waals surface area contributed by atoms with E-state index in [1.54, 1.807) is 11.1 Å². The molecule has 0 bridgehead atoms. The molecule has 0 saturated carbocycles. The molecule has 1 aromatic carbocycles. The summed E-state index contributed by atoms with van der Waals surface area (Å²) in [5.74, 6) is 0.285. The van der Waals surface area contributed by atoms with E-state index < -0.39 is 0 Å². The van der Waals surface area contributed by atoms with Gasteiger partial charge in [-0.15, -0.1) is 0 Å². The first-order chi connectivity index (χ1) is 14.4. The molecule has 1 aliphatic heterocycles. The van der Waals surface area contributed by atoms with Crippen molar-refractivity contribution < 1.29 is 14.6 Å². The number of ether oxygens (including phenoxy) is 1. The van der Waals surface area contributed by atoms with Crippen LogP contribution in [0.25, 0.3) is 12.2 Å². The Bertz CT molecular complexity index is 883. The molecule has 6 heteroatoms. The van der Waals surface area contributed by atoms with Crippen LogP contribution in [0, 0.1) is 5.92 Å². The zero-order chi connectivity index (χ0) is 21.7. The maximum Gasteiger partial charge on any atom is 0.259 e. The van der Waals surface area contributed by atoms with E-state index in [0.29, 0.717) is 24.5 Å². The molecular formula is C24H31N3O3. The second-order valence-electron chi connectivity index (χ2n) is 8.25. The number of carbonyl (C=O) groups is 1. The highest BCUT2D eigenvalue weighted by Crippen LogP contribution is 2.27. The number of carbonyl (C=O) groups excluding carboxylic acids is 1. The van der Waals surface area contributed by atoms with Crippen molar-refractivity contribution in [2.24, 2.45) is 5.92 Å². The molecule has 2 aromatic rings. The van der Waals surface area contributed by atoms with Crippen LogP contribution >= 0.6 is 0 Å². The van der Waals surface area contributed by atoms with E-state index in [0.717, 1.165) is 11.1 Å². The van der Waals surface area contributed by atoms with Gasteiger partial charge in [0.15, 0.2) is 0 Å². The molecule has 30 heavy (non-hydrogen) atoms.